The van der Waals surface area contributed by atoms with Crippen LogP contribution in [0, 0.1) is 17.6 Å². The number of hydrogen-bond acceptors (Lipinski definition) is 4. The van der Waals surface area contributed by atoms with Gasteiger partial charge in [-0.3, -0.25) is 9.59 Å². The Morgan fingerprint density at radius 2 is 2.00 bits per heavy atom. The van der Waals surface area contributed by atoms with Gasteiger partial charge in [0.05, 0.1) is 5.92 Å². The van der Waals surface area contributed by atoms with Crippen LogP contribution in [-0.4, -0.2) is 35.0 Å². The Bertz CT molecular complexity index is 712. The van der Waals surface area contributed by atoms with Crippen LogP contribution in [0.2, 0.25) is 0 Å². The zero-order valence-corrected chi connectivity index (χ0v) is 11.3. The molecule has 0 unspecified atom stereocenters. The molecule has 2 amide bonds. The number of amides is 2. The highest BCUT2D eigenvalue weighted by Crippen LogP contribution is 2.21. The van der Waals surface area contributed by atoms with Crippen LogP contribution in [0.1, 0.15) is 10.4 Å². The Hall–Kier alpha value is -2.77. The van der Waals surface area contributed by atoms with Crippen LogP contribution in [0.25, 0.3) is 0 Å². The highest BCUT2D eigenvalue weighted by molar-refractivity contribution is 5.98. The van der Waals surface area contributed by atoms with E-state index in [9.17, 15) is 18.4 Å². The molecule has 1 N–H and O–H groups in total. The normalized spacial score (nSPS) is 14.5. The number of benzene rings is 1. The molecule has 0 spiro atoms. The summed E-state index contributed by atoms with van der Waals surface area (Å²) in [6.45, 7) is 0.420. The topological polar surface area (TPSA) is 75.4 Å². The molecule has 8 heteroatoms. The highest BCUT2D eigenvalue weighted by Gasteiger charge is 2.36. The Kier molecular flexibility index (Phi) is 3.58. The highest BCUT2D eigenvalue weighted by atomic mass is 19.2. The van der Waals surface area contributed by atoms with Crippen molar-refractivity contribution >= 4 is 17.6 Å². The van der Waals surface area contributed by atoms with E-state index in [0.717, 1.165) is 12.1 Å². The summed E-state index contributed by atoms with van der Waals surface area (Å²) >= 11 is 0. The van der Waals surface area contributed by atoms with Crippen LogP contribution in [-0.2, 0) is 4.79 Å². The first kappa shape index (κ1) is 14.2. The number of nitrogens with one attached hydrogen (secondary N) is 1. The first-order valence-corrected chi connectivity index (χ1v) is 6.50. The molecule has 3 rings (SSSR count). The van der Waals surface area contributed by atoms with E-state index >= 15 is 0 Å². The second-order valence-corrected chi connectivity index (χ2v) is 4.91. The first-order chi connectivity index (χ1) is 10.5. The van der Waals surface area contributed by atoms with E-state index < -0.39 is 17.5 Å². The molecular weight excluding hydrogens is 296 g/mol. The summed E-state index contributed by atoms with van der Waals surface area (Å²) in [7, 11) is 0. The van der Waals surface area contributed by atoms with Crippen LogP contribution in [0.3, 0.4) is 0 Å². The average Bonchev–Trinajstić information content (AvgIpc) is 2.92. The van der Waals surface area contributed by atoms with Gasteiger partial charge in [0, 0.05) is 24.7 Å². The molecule has 2 heterocycles. The minimum absolute atomic E-state index is 0.0502. The molecule has 0 aliphatic carbocycles. The monoisotopic (exact) mass is 307 g/mol. The lowest BCUT2D eigenvalue weighted by Crippen LogP contribution is -2.54. The molecule has 0 radical (unpaired) electrons. The van der Waals surface area contributed by atoms with E-state index in [2.05, 4.69) is 15.0 Å². The number of anilines is 1. The lowest BCUT2D eigenvalue weighted by Gasteiger charge is -2.38. The summed E-state index contributed by atoms with van der Waals surface area (Å²) in [5, 5.41) is 6.10. The Morgan fingerprint density at radius 3 is 2.64 bits per heavy atom. The Labute approximate surface area is 123 Å². The SMILES string of the molecule is O=C(Nc1ccon1)C1CN(C(=O)c2ccc(F)c(F)c2)C1. The van der Waals surface area contributed by atoms with Gasteiger partial charge in [-0.15, -0.1) is 0 Å². The summed E-state index contributed by atoms with van der Waals surface area (Å²) in [5.41, 5.74) is 0.0502. The maximum atomic E-state index is 13.1. The molecule has 114 valence electrons. The third kappa shape index (κ3) is 2.67. The van der Waals surface area contributed by atoms with Crippen molar-refractivity contribution in [3.05, 3.63) is 47.7 Å². The van der Waals surface area contributed by atoms with Crippen LogP contribution >= 0.6 is 0 Å². The average molecular weight is 307 g/mol. The molecule has 1 fully saturated rings. The largest absolute Gasteiger partial charge is 0.363 e. The number of likely N-dealkylation sites (tertiary alicyclic amines) is 1. The molecular formula is C14H11F2N3O3. The molecule has 1 saturated heterocycles. The molecule has 2 aromatic rings. The lowest BCUT2D eigenvalue weighted by atomic mass is 9.98. The number of carbonyl (C=O) groups excluding carboxylic acids is 2. The van der Waals surface area contributed by atoms with Crippen molar-refractivity contribution < 1.29 is 22.9 Å². The van der Waals surface area contributed by atoms with E-state index in [4.69, 9.17) is 0 Å². The minimum atomic E-state index is -1.08. The van der Waals surface area contributed by atoms with E-state index in [1.807, 2.05) is 0 Å². The molecule has 1 aromatic carbocycles. The lowest BCUT2D eigenvalue weighted by molar-refractivity contribution is -0.123. The second kappa shape index (κ2) is 5.55. The third-order valence-electron chi connectivity index (χ3n) is 3.40. The van der Waals surface area contributed by atoms with Crippen molar-refractivity contribution in [2.24, 2.45) is 5.92 Å². The first-order valence-electron chi connectivity index (χ1n) is 6.50. The number of halogens is 2. The maximum Gasteiger partial charge on any atom is 0.254 e. The van der Waals surface area contributed by atoms with Gasteiger partial charge in [0.15, 0.2) is 17.5 Å². The summed E-state index contributed by atoms with van der Waals surface area (Å²) < 4.78 is 30.5. The molecule has 0 atom stereocenters. The van der Waals surface area contributed by atoms with Gasteiger partial charge in [0.1, 0.15) is 6.26 Å². The van der Waals surface area contributed by atoms with Crippen molar-refractivity contribution in [1.29, 1.82) is 0 Å². The summed E-state index contributed by atoms with van der Waals surface area (Å²) in [5.74, 6) is -2.87. The molecule has 1 aromatic heterocycles. The van der Waals surface area contributed by atoms with Crippen LogP contribution in [0.5, 0.6) is 0 Å². The zero-order valence-electron chi connectivity index (χ0n) is 11.3. The van der Waals surface area contributed by atoms with E-state index in [0.29, 0.717) is 5.82 Å². The van der Waals surface area contributed by atoms with Gasteiger partial charge < -0.3 is 14.7 Å². The number of hydrogen-bond donors (Lipinski definition) is 1. The standard InChI is InChI=1S/C14H11F2N3O3/c15-10-2-1-8(5-11(10)16)14(21)19-6-9(7-19)13(20)17-12-3-4-22-18-12/h1-5,9H,6-7H2,(H,17,18,20). The number of rotatable bonds is 3. The number of aromatic nitrogens is 1. The molecule has 1 aliphatic heterocycles. The Balaban J connectivity index is 1.57. The van der Waals surface area contributed by atoms with Crippen molar-refractivity contribution in [3.8, 4) is 0 Å². The van der Waals surface area contributed by atoms with Gasteiger partial charge in [-0.05, 0) is 18.2 Å². The fourth-order valence-electron chi connectivity index (χ4n) is 2.13. The van der Waals surface area contributed by atoms with Gasteiger partial charge in [-0.25, -0.2) is 8.78 Å². The van der Waals surface area contributed by atoms with Crippen molar-refractivity contribution in [2.75, 3.05) is 18.4 Å². The molecule has 0 saturated carbocycles. The van der Waals surface area contributed by atoms with Crippen molar-refractivity contribution in [1.82, 2.24) is 10.1 Å². The minimum Gasteiger partial charge on any atom is -0.363 e. The van der Waals surface area contributed by atoms with Crippen molar-refractivity contribution in [2.45, 2.75) is 0 Å². The summed E-state index contributed by atoms with van der Waals surface area (Å²) in [4.78, 5) is 25.3. The van der Waals surface area contributed by atoms with Gasteiger partial charge in [0.2, 0.25) is 5.91 Å². The predicted molar refractivity (Wildman–Crippen MR) is 70.9 cm³/mol. The molecule has 1 aliphatic rings. The number of carbonyl (C=O) groups is 2. The number of nitrogens with zero attached hydrogens (tertiary/aromatic N) is 2. The van der Waals surface area contributed by atoms with Gasteiger partial charge in [-0.1, -0.05) is 5.16 Å². The molecule has 6 nitrogen and oxygen atoms in total. The van der Waals surface area contributed by atoms with Crippen LogP contribution < -0.4 is 5.32 Å². The molecule has 22 heavy (non-hydrogen) atoms. The fourth-order valence-corrected chi connectivity index (χ4v) is 2.13. The fraction of sp³-hybridized carbons (Fsp3) is 0.214. The van der Waals surface area contributed by atoms with E-state index in [1.165, 1.54) is 23.3 Å². The van der Waals surface area contributed by atoms with Crippen LogP contribution in [0.15, 0.2) is 35.1 Å². The third-order valence-corrected chi connectivity index (χ3v) is 3.40. The van der Waals surface area contributed by atoms with Gasteiger partial charge >= 0.3 is 0 Å². The maximum absolute atomic E-state index is 13.1. The van der Waals surface area contributed by atoms with E-state index in [1.54, 1.807) is 0 Å². The second-order valence-electron chi connectivity index (χ2n) is 4.91. The Morgan fingerprint density at radius 1 is 1.23 bits per heavy atom. The zero-order chi connectivity index (χ0) is 15.7. The molecule has 0 bridgehead atoms. The van der Waals surface area contributed by atoms with Gasteiger partial charge in [0.25, 0.3) is 5.91 Å². The van der Waals surface area contributed by atoms with Crippen LogP contribution in [0.4, 0.5) is 14.6 Å². The smallest absolute Gasteiger partial charge is 0.254 e. The van der Waals surface area contributed by atoms with Gasteiger partial charge in [-0.2, -0.15) is 0 Å². The summed E-state index contributed by atoms with van der Waals surface area (Å²) in [6, 6.07) is 4.46. The summed E-state index contributed by atoms with van der Waals surface area (Å²) in [6.07, 6.45) is 1.33. The van der Waals surface area contributed by atoms with Crippen molar-refractivity contribution in [3.63, 3.8) is 0 Å². The quantitative estimate of drug-likeness (QED) is 0.936. The predicted octanol–water partition coefficient (Wildman–Crippen LogP) is 1.66. The van der Waals surface area contributed by atoms with E-state index in [-0.39, 0.29) is 30.5 Å².